The minimum absolute atomic E-state index is 0.187. The van der Waals surface area contributed by atoms with Crippen LogP contribution in [0.2, 0.25) is 5.02 Å². The molecule has 1 aromatic heterocycles. The fourth-order valence-corrected chi connectivity index (χ4v) is 1.72. The van der Waals surface area contributed by atoms with Gasteiger partial charge >= 0.3 is 5.97 Å². The van der Waals surface area contributed by atoms with E-state index in [2.05, 4.69) is 9.72 Å². The Kier molecular flexibility index (Phi) is 2.36. The van der Waals surface area contributed by atoms with Gasteiger partial charge in [0.2, 0.25) is 0 Å². The lowest BCUT2D eigenvalue weighted by Gasteiger charge is -2.01. The van der Waals surface area contributed by atoms with Crippen LogP contribution in [0.5, 0.6) is 0 Å². The first-order valence-corrected chi connectivity index (χ1v) is 4.55. The largest absolute Gasteiger partial charge is 0.465 e. The van der Waals surface area contributed by atoms with Crippen LogP contribution in [0.4, 0.5) is 4.39 Å². The number of rotatable bonds is 1. The SMILES string of the molecule is COC(=O)c1cc(Cl)c2c(F)c[nH]c2c1. The Morgan fingerprint density at radius 2 is 2.27 bits per heavy atom. The average molecular weight is 228 g/mol. The zero-order valence-corrected chi connectivity index (χ0v) is 8.56. The molecule has 5 heteroatoms. The van der Waals surface area contributed by atoms with E-state index in [-0.39, 0.29) is 16.0 Å². The number of H-pyrrole nitrogens is 1. The van der Waals surface area contributed by atoms with Gasteiger partial charge in [-0.2, -0.15) is 0 Å². The molecule has 0 aliphatic rings. The zero-order chi connectivity index (χ0) is 11.0. The Morgan fingerprint density at radius 1 is 1.53 bits per heavy atom. The summed E-state index contributed by atoms with van der Waals surface area (Å²) in [6.45, 7) is 0. The second kappa shape index (κ2) is 3.55. The normalized spacial score (nSPS) is 10.6. The molecule has 0 radical (unpaired) electrons. The van der Waals surface area contributed by atoms with Crippen LogP contribution in [-0.2, 0) is 4.74 Å². The van der Waals surface area contributed by atoms with Gasteiger partial charge in [0.15, 0.2) is 0 Å². The van der Waals surface area contributed by atoms with Crippen LogP contribution in [0.15, 0.2) is 18.3 Å². The van der Waals surface area contributed by atoms with E-state index in [4.69, 9.17) is 11.6 Å². The summed E-state index contributed by atoms with van der Waals surface area (Å²) in [4.78, 5) is 13.9. The zero-order valence-electron chi connectivity index (χ0n) is 7.80. The summed E-state index contributed by atoms with van der Waals surface area (Å²) in [6, 6.07) is 2.88. The lowest BCUT2D eigenvalue weighted by Crippen LogP contribution is -2.00. The first kappa shape index (κ1) is 9.98. The number of esters is 1. The maximum atomic E-state index is 13.2. The predicted octanol–water partition coefficient (Wildman–Crippen LogP) is 2.75. The Morgan fingerprint density at radius 3 is 2.93 bits per heavy atom. The summed E-state index contributed by atoms with van der Waals surface area (Å²) in [5.41, 5.74) is 0.761. The third kappa shape index (κ3) is 1.57. The maximum Gasteiger partial charge on any atom is 0.337 e. The lowest BCUT2D eigenvalue weighted by atomic mass is 10.1. The summed E-state index contributed by atoms with van der Waals surface area (Å²) >= 11 is 5.84. The second-order valence-electron chi connectivity index (χ2n) is 3.01. The first-order valence-electron chi connectivity index (χ1n) is 4.18. The molecule has 0 aliphatic heterocycles. The summed E-state index contributed by atoms with van der Waals surface area (Å²) in [5, 5.41) is 0.468. The summed E-state index contributed by atoms with van der Waals surface area (Å²) in [6.07, 6.45) is 1.19. The molecule has 15 heavy (non-hydrogen) atoms. The fraction of sp³-hybridized carbons (Fsp3) is 0.100. The van der Waals surface area contributed by atoms with E-state index in [0.29, 0.717) is 5.52 Å². The van der Waals surface area contributed by atoms with Crippen LogP contribution in [0, 0.1) is 5.82 Å². The van der Waals surface area contributed by atoms with E-state index >= 15 is 0 Å². The number of aromatic amines is 1. The molecule has 78 valence electrons. The van der Waals surface area contributed by atoms with Gasteiger partial charge < -0.3 is 9.72 Å². The standard InChI is InChI=1S/C10H7ClFNO2/c1-15-10(14)5-2-6(11)9-7(12)4-13-8(9)3-5/h2-4,13H,1H3. The monoisotopic (exact) mass is 227 g/mol. The fourth-order valence-electron chi connectivity index (χ4n) is 1.41. The number of hydrogen-bond donors (Lipinski definition) is 1. The molecule has 0 amide bonds. The number of aromatic nitrogens is 1. The highest BCUT2D eigenvalue weighted by Gasteiger charge is 2.13. The van der Waals surface area contributed by atoms with Crippen molar-refractivity contribution in [1.29, 1.82) is 0 Å². The molecule has 1 aromatic carbocycles. The van der Waals surface area contributed by atoms with E-state index in [1.165, 1.54) is 25.4 Å². The molecular formula is C10H7ClFNO2. The predicted molar refractivity (Wildman–Crippen MR) is 54.6 cm³/mol. The van der Waals surface area contributed by atoms with Crippen molar-refractivity contribution in [1.82, 2.24) is 4.98 Å². The van der Waals surface area contributed by atoms with Crippen molar-refractivity contribution in [3.63, 3.8) is 0 Å². The van der Waals surface area contributed by atoms with Crippen LogP contribution in [0.1, 0.15) is 10.4 Å². The smallest absolute Gasteiger partial charge is 0.337 e. The van der Waals surface area contributed by atoms with E-state index in [1.54, 1.807) is 0 Å². The number of carbonyl (C=O) groups is 1. The molecule has 1 heterocycles. The van der Waals surface area contributed by atoms with Crippen LogP contribution >= 0.6 is 11.6 Å². The highest BCUT2D eigenvalue weighted by Crippen LogP contribution is 2.27. The Bertz CT molecular complexity index is 535. The Hall–Kier alpha value is -1.55. The Balaban J connectivity index is 2.68. The van der Waals surface area contributed by atoms with E-state index < -0.39 is 11.8 Å². The van der Waals surface area contributed by atoms with Crippen LogP contribution in [-0.4, -0.2) is 18.1 Å². The number of nitrogens with one attached hydrogen (secondary N) is 1. The molecule has 0 aliphatic carbocycles. The van der Waals surface area contributed by atoms with Crippen LogP contribution < -0.4 is 0 Å². The molecule has 2 aromatic rings. The van der Waals surface area contributed by atoms with Gasteiger partial charge in [0.05, 0.1) is 28.6 Å². The molecule has 0 bridgehead atoms. The number of benzene rings is 1. The number of halogens is 2. The van der Waals surface area contributed by atoms with Gasteiger partial charge in [0.1, 0.15) is 5.82 Å². The van der Waals surface area contributed by atoms with Crippen molar-refractivity contribution in [3.05, 3.63) is 34.7 Å². The number of carbonyl (C=O) groups excluding carboxylic acids is 1. The van der Waals surface area contributed by atoms with Crippen molar-refractivity contribution in [3.8, 4) is 0 Å². The second-order valence-corrected chi connectivity index (χ2v) is 3.42. The van der Waals surface area contributed by atoms with Gasteiger partial charge in [-0.25, -0.2) is 9.18 Å². The average Bonchev–Trinajstić information content (AvgIpc) is 2.59. The number of hydrogen-bond acceptors (Lipinski definition) is 2. The highest BCUT2D eigenvalue weighted by molar-refractivity contribution is 6.35. The quantitative estimate of drug-likeness (QED) is 0.762. The molecule has 0 fully saturated rings. The van der Waals surface area contributed by atoms with Crippen molar-refractivity contribution < 1.29 is 13.9 Å². The minimum Gasteiger partial charge on any atom is -0.465 e. The number of ether oxygens (including phenoxy) is 1. The summed E-state index contributed by atoms with van der Waals surface area (Å²) < 4.78 is 17.7. The van der Waals surface area contributed by atoms with E-state index in [1.807, 2.05) is 0 Å². The molecule has 0 saturated heterocycles. The lowest BCUT2D eigenvalue weighted by molar-refractivity contribution is 0.0601. The van der Waals surface area contributed by atoms with Gasteiger partial charge in [0.25, 0.3) is 0 Å². The summed E-state index contributed by atoms with van der Waals surface area (Å²) in [7, 11) is 1.27. The van der Waals surface area contributed by atoms with Gasteiger partial charge in [-0.15, -0.1) is 0 Å². The van der Waals surface area contributed by atoms with Crippen molar-refractivity contribution in [2.24, 2.45) is 0 Å². The van der Waals surface area contributed by atoms with Crippen LogP contribution in [0.25, 0.3) is 10.9 Å². The molecular weight excluding hydrogens is 221 g/mol. The summed E-state index contributed by atoms with van der Waals surface area (Å²) in [5.74, 6) is -0.944. The van der Waals surface area contributed by atoms with Crippen LogP contribution in [0.3, 0.4) is 0 Å². The third-order valence-corrected chi connectivity index (χ3v) is 2.40. The molecule has 3 nitrogen and oxygen atoms in total. The highest BCUT2D eigenvalue weighted by atomic mass is 35.5. The Labute approximate surface area is 89.8 Å². The molecule has 0 atom stereocenters. The van der Waals surface area contributed by atoms with Gasteiger partial charge in [-0.1, -0.05) is 11.6 Å². The van der Waals surface area contributed by atoms with E-state index in [9.17, 15) is 9.18 Å². The van der Waals surface area contributed by atoms with Gasteiger partial charge in [0, 0.05) is 6.20 Å². The molecule has 0 unspecified atom stereocenters. The van der Waals surface area contributed by atoms with Crippen molar-refractivity contribution >= 4 is 28.5 Å². The van der Waals surface area contributed by atoms with Gasteiger partial charge in [-0.05, 0) is 12.1 Å². The molecule has 1 N–H and O–H groups in total. The minimum atomic E-state index is -0.506. The van der Waals surface area contributed by atoms with E-state index in [0.717, 1.165) is 0 Å². The number of fused-ring (bicyclic) bond motifs is 1. The van der Waals surface area contributed by atoms with Crippen molar-refractivity contribution in [2.45, 2.75) is 0 Å². The third-order valence-electron chi connectivity index (χ3n) is 2.10. The molecule has 0 saturated carbocycles. The maximum absolute atomic E-state index is 13.2. The van der Waals surface area contributed by atoms with Crippen molar-refractivity contribution in [2.75, 3.05) is 7.11 Å². The topological polar surface area (TPSA) is 42.1 Å². The van der Waals surface area contributed by atoms with Gasteiger partial charge in [-0.3, -0.25) is 0 Å². The molecule has 0 spiro atoms. The molecule has 2 rings (SSSR count). The number of methoxy groups -OCH3 is 1. The first-order chi connectivity index (χ1) is 7.13.